The third-order valence-electron chi connectivity index (χ3n) is 4.38. The summed E-state index contributed by atoms with van der Waals surface area (Å²) in [6.45, 7) is 11.2. The fourth-order valence-electron chi connectivity index (χ4n) is 2.79. The second-order valence-electron chi connectivity index (χ2n) is 6.68. The number of hydrogen-bond donors (Lipinski definition) is 0. The van der Waals surface area contributed by atoms with Crippen LogP contribution < -0.4 is 0 Å². The van der Waals surface area contributed by atoms with Crippen molar-refractivity contribution in [2.75, 3.05) is 19.7 Å². The van der Waals surface area contributed by atoms with Gasteiger partial charge in [0.1, 0.15) is 6.10 Å². The number of aromatic nitrogens is 2. The molecule has 0 saturated carbocycles. The molecule has 1 aliphatic rings. The Balaban J connectivity index is 1.75. The third-order valence-corrected chi connectivity index (χ3v) is 4.38. The van der Waals surface area contributed by atoms with Crippen LogP contribution in [0.2, 0.25) is 0 Å². The molecular weight excluding hydrogens is 290 g/mol. The van der Waals surface area contributed by atoms with Crippen LogP contribution >= 0.6 is 0 Å². The average Bonchev–Trinajstić information content (AvgIpc) is 3.05. The molecule has 2 aromatic rings. The number of rotatable bonds is 4. The summed E-state index contributed by atoms with van der Waals surface area (Å²) in [6.07, 6.45) is -0.137. The Morgan fingerprint density at radius 2 is 1.87 bits per heavy atom. The molecule has 0 bridgehead atoms. The van der Waals surface area contributed by atoms with E-state index >= 15 is 0 Å². The first-order valence-corrected chi connectivity index (χ1v) is 8.34. The molecule has 1 aromatic heterocycles. The van der Waals surface area contributed by atoms with E-state index < -0.39 is 0 Å². The maximum atomic E-state index is 5.81. The molecule has 0 N–H and O–H groups in total. The summed E-state index contributed by atoms with van der Waals surface area (Å²) in [5.74, 6) is 1.71. The summed E-state index contributed by atoms with van der Waals surface area (Å²) in [5, 5.41) is 4.12. The normalized spacial score (nSPS) is 19.7. The van der Waals surface area contributed by atoms with Crippen LogP contribution in [0.3, 0.4) is 0 Å². The topological polar surface area (TPSA) is 51.4 Å². The lowest BCUT2D eigenvalue weighted by Gasteiger charge is -2.33. The molecule has 3 rings (SSSR count). The first kappa shape index (κ1) is 16.1. The van der Waals surface area contributed by atoms with Crippen molar-refractivity contribution in [3.8, 4) is 11.4 Å². The first-order valence-electron chi connectivity index (χ1n) is 8.34. The standard InChI is InChI=1S/C18H25N3O2/c1-12(2)14-5-7-15(8-6-14)17-19-18(23-20-17)16-11-21(13(3)4)9-10-22-16/h5-8,12-13,16H,9-11H2,1-4H3. The van der Waals surface area contributed by atoms with Crippen molar-refractivity contribution in [3.63, 3.8) is 0 Å². The van der Waals surface area contributed by atoms with Crippen LogP contribution in [0.15, 0.2) is 28.8 Å². The Kier molecular flexibility index (Phi) is 4.78. The van der Waals surface area contributed by atoms with Gasteiger partial charge in [-0.15, -0.1) is 0 Å². The minimum atomic E-state index is -0.137. The van der Waals surface area contributed by atoms with Crippen molar-refractivity contribution in [1.29, 1.82) is 0 Å². The highest BCUT2D eigenvalue weighted by Crippen LogP contribution is 2.25. The zero-order chi connectivity index (χ0) is 16.4. The molecule has 1 fully saturated rings. The maximum absolute atomic E-state index is 5.81. The van der Waals surface area contributed by atoms with Gasteiger partial charge in [-0.1, -0.05) is 43.3 Å². The van der Waals surface area contributed by atoms with E-state index in [1.807, 2.05) is 12.1 Å². The monoisotopic (exact) mass is 315 g/mol. The van der Waals surface area contributed by atoms with Gasteiger partial charge in [-0.05, 0) is 25.3 Å². The van der Waals surface area contributed by atoms with Crippen LogP contribution in [-0.2, 0) is 4.74 Å². The van der Waals surface area contributed by atoms with Crippen LogP contribution in [0.25, 0.3) is 11.4 Å². The van der Waals surface area contributed by atoms with Gasteiger partial charge in [0.25, 0.3) is 5.89 Å². The number of ether oxygens (including phenoxy) is 1. The van der Waals surface area contributed by atoms with E-state index in [4.69, 9.17) is 9.26 Å². The molecule has 2 heterocycles. The van der Waals surface area contributed by atoms with Crippen LogP contribution in [0.4, 0.5) is 0 Å². The van der Waals surface area contributed by atoms with E-state index in [2.05, 4.69) is 54.9 Å². The van der Waals surface area contributed by atoms with E-state index in [1.54, 1.807) is 0 Å². The van der Waals surface area contributed by atoms with Gasteiger partial charge in [0.05, 0.1) is 6.61 Å². The summed E-state index contributed by atoms with van der Waals surface area (Å²) in [7, 11) is 0. The summed E-state index contributed by atoms with van der Waals surface area (Å²) in [4.78, 5) is 6.91. The molecule has 0 spiro atoms. The molecule has 124 valence electrons. The lowest BCUT2D eigenvalue weighted by molar-refractivity contribution is -0.0539. The van der Waals surface area contributed by atoms with E-state index in [9.17, 15) is 0 Å². The van der Waals surface area contributed by atoms with Gasteiger partial charge in [0.2, 0.25) is 5.82 Å². The highest BCUT2D eigenvalue weighted by Gasteiger charge is 2.28. The third kappa shape index (κ3) is 3.62. The molecule has 0 amide bonds. The van der Waals surface area contributed by atoms with Gasteiger partial charge in [0, 0.05) is 24.7 Å². The molecule has 0 radical (unpaired) electrons. The van der Waals surface area contributed by atoms with Gasteiger partial charge < -0.3 is 9.26 Å². The first-order chi connectivity index (χ1) is 11.0. The van der Waals surface area contributed by atoms with Crippen LogP contribution in [0, 0.1) is 0 Å². The fourth-order valence-corrected chi connectivity index (χ4v) is 2.79. The maximum Gasteiger partial charge on any atom is 0.257 e. The lowest BCUT2D eigenvalue weighted by atomic mass is 10.0. The Bertz CT molecular complexity index is 634. The number of morpholine rings is 1. The Morgan fingerprint density at radius 1 is 1.13 bits per heavy atom. The fraction of sp³-hybridized carbons (Fsp3) is 0.556. The molecule has 1 unspecified atom stereocenters. The van der Waals surface area contributed by atoms with E-state index in [1.165, 1.54) is 5.56 Å². The molecule has 5 heteroatoms. The predicted octanol–water partition coefficient (Wildman–Crippen LogP) is 3.64. The zero-order valence-corrected chi connectivity index (χ0v) is 14.3. The van der Waals surface area contributed by atoms with Crippen molar-refractivity contribution in [2.45, 2.75) is 45.8 Å². The number of hydrogen-bond acceptors (Lipinski definition) is 5. The van der Waals surface area contributed by atoms with Crippen molar-refractivity contribution in [3.05, 3.63) is 35.7 Å². The van der Waals surface area contributed by atoms with E-state index in [-0.39, 0.29) is 6.10 Å². The molecule has 0 aliphatic carbocycles. The van der Waals surface area contributed by atoms with Crippen molar-refractivity contribution in [2.24, 2.45) is 0 Å². The molecule has 5 nitrogen and oxygen atoms in total. The van der Waals surface area contributed by atoms with Crippen molar-refractivity contribution < 1.29 is 9.26 Å². The van der Waals surface area contributed by atoms with Crippen molar-refractivity contribution in [1.82, 2.24) is 15.0 Å². The largest absolute Gasteiger partial charge is 0.366 e. The second-order valence-corrected chi connectivity index (χ2v) is 6.68. The predicted molar refractivity (Wildman–Crippen MR) is 89.2 cm³/mol. The molecule has 1 aromatic carbocycles. The van der Waals surface area contributed by atoms with Gasteiger partial charge in [-0.25, -0.2) is 0 Å². The molecule has 1 atom stereocenters. The number of benzene rings is 1. The minimum absolute atomic E-state index is 0.137. The Hall–Kier alpha value is -1.72. The van der Waals surface area contributed by atoms with Gasteiger partial charge in [0.15, 0.2) is 0 Å². The smallest absolute Gasteiger partial charge is 0.257 e. The summed E-state index contributed by atoms with van der Waals surface area (Å²) in [5.41, 5.74) is 2.28. The van der Waals surface area contributed by atoms with Crippen LogP contribution in [0.1, 0.15) is 51.2 Å². The summed E-state index contributed by atoms with van der Waals surface area (Å²) < 4.78 is 11.3. The second kappa shape index (κ2) is 6.81. The average molecular weight is 315 g/mol. The van der Waals surface area contributed by atoms with Gasteiger partial charge in [-0.3, -0.25) is 4.90 Å². The highest BCUT2D eigenvalue weighted by atomic mass is 16.5. The van der Waals surface area contributed by atoms with Gasteiger partial charge >= 0.3 is 0 Å². The molecule has 1 aliphatic heterocycles. The summed E-state index contributed by atoms with van der Waals surface area (Å²) in [6, 6.07) is 8.83. The molecular formula is C18H25N3O2. The highest BCUT2D eigenvalue weighted by molar-refractivity contribution is 5.54. The van der Waals surface area contributed by atoms with Gasteiger partial charge in [-0.2, -0.15) is 4.98 Å². The Labute approximate surface area is 137 Å². The van der Waals surface area contributed by atoms with E-state index in [0.717, 1.165) is 18.7 Å². The van der Waals surface area contributed by atoms with Crippen LogP contribution in [-0.4, -0.2) is 40.8 Å². The lowest BCUT2D eigenvalue weighted by Crippen LogP contribution is -2.42. The SMILES string of the molecule is CC(C)c1ccc(-c2noc(C3CN(C(C)C)CCO3)n2)cc1. The van der Waals surface area contributed by atoms with E-state index in [0.29, 0.717) is 30.3 Å². The number of nitrogens with zero attached hydrogens (tertiary/aromatic N) is 3. The molecule has 1 saturated heterocycles. The minimum Gasteiger partial charge on any atom is -0.366 e. The quantitative estimate of drug-likeness (QED) is 0.862. The zero-order valence-electron chi connectivity index (χ0n) is 14.3. The molecule has 23 heavy (non-hydrogen) atoms. The van der Waals surface area contributed by atoms with Crippen LogP contribution in [0.5, 0.6) is 0 Å². The Morgan fingerprint density at radius 3 is 2.52 bits per heavy atom. The summed E-state index contributed by atoms with van der Waals surface area (Å²) >= 11 is 0. The van der Waals surface area contributed by atoms with Crippen molar-refractivity contribution >= 4 is 0 Å².